The maximum absolute atomic E-state index is 12.5. The zero-order valence-corrected chi connectivity index (χ0v) is 12.4. The van der Waals surface area contributed by atoms with Gasteiger partial charge in [0.1, 0.15) is 4.90 Å². The summed E-state index contributed by atoms with van der Waals surface area (Å²) in [5.74, 6) is 0.409. The Balaban J connectivity index is 2.98. The fourth-order valence-electron chi connectivity index (χ4n) is 1.97. The van der Waals surface area contributed by atoms with Gasteiger partial charge in [0.25, 0.3) is 0 Å². The molecule has 0 radical (unpaired) electrons. The van der Waals surface area contributed by atoms with Crippen molar-refractivity contribution < 1.29 is 8.42 Å². The summed E-state index contributed by atoms with van der Waals surface area (Å²) in [6.45, 7) is 8.86. The van der Waals surface area contributed by atoms with Crippen molar-refractivity contribution in [3.8, 4) is 0 Å². The van der Waals surface area contributed by atoms with Crippen molar-refractivity contribution in [2.24, 2.45) is 5.92 Å². The second kappa shape index (κ2) is 6.33. The van der Waals surface area contributed by atoms with Crippen molar-refractivity contribution in [1.82, 2.24) is 14.5 Å². The van der Waals surface area contributed by atoms with Crippen molar-refractivity contribution >= 4 is 10.0 Å². The number of H-pyrrole nitrogens is 1. The molecule has 6 heteroatoms. The van der Waals surface area contributed by atoms with E-state index in [2.05, 4.69) is 24.0 Å². The van der Waals surface area contributed by atoms with Crippen LogP contribution < -0.4 is 0 Å². The summed E-state index contributed by atoms with van der Waals surface area (Å²) >= 11 is 0. The number of hydrogen-bond donors (Lipinski definition) is 1. The van der Waals surface area contributed by atoms with E-state index >= 15 is 0 Å². The lowest BCUT2D eigenvalue weighted by molar-refractivity contribution is 0.339. The fourth-order valence-corrected chi connectivity index (χ4v) is 3.61. The number of hydrogen-bond acceptors (Lipinski definition) is 3. The van der Waals surface area contributed by atoms with Crippen LogP contribution >= 0.6 is 0 Å². The molecule has 0 bridgehead atoms. The highest BCUT2D eigenvalue weighted by Crippen LogP contribution is 2.20. The van der Waals surface area contributed by atoms with Crippen LogP contribution in [-0.2, 0) is 10.0 Å². The average molecular weight is 273 g/mol. The van der Waals surface area contributed by atoms with Crippen LogP contribution in [0.4, 0.5) is 0 Å². The summed E-state index contributed by atoms with van der Waals surface area (Å²) in [6.07, 6.45) is 3.38. The highest BCUT2D eigenvalue weighted by atomic mass is 32.2. The van der Waals surface area contributed by atoms with Crippen LogP contribution in [0.1, 0.15) is 39.3 Å². The quantitative estimate of drug-likeness (QED) is 0.828. The monoisotopic (exact) mass is 273 g/mol. The molecule has 0 amide bonds. The number of nitrogens with zero attached hydrogens (tertiary/aromatic N) is 2. The van der Waals surface area contributed by atoms with E-state index in [-0.39, 0.29) is 4.90 Å². The molecule has 18 heavy (non-hydrogen) atoms. The third-order valence-electron chi connectivity index (χ3n) is 3.37. The van der Waals surface area contributed by atoms with Crippen LogP contribution in [0.2, 0.25) is 0 Å². The summed E-state index contributed by atoms with van der Waals surface area (Å²) in [4.78, 5) is 0.287. The van der Waals surface area contributed by atoms with Gasteiger partial charge in [-0.1, -0.05) is 33.6 Å². The Kier molecular flexibility index (Phi) is 5.34. The Bertz CT molecular complexity index is 463. The van der Waals surface area contributed by atoms with Crippen molar-refractivity contribution in [2.75, 3.05) is 13.1 Å². The van der Waals surface area contributed by atoms with E-state index in [0.717, 1.165) is 12.8 Å². The predicted molar refractivity (Wildman–Crippen MR) is 71.8 cm³/mol. The third kappa shape index (κ3) is 3.11. The number of nitrogens with one attached hydrogen (secondary N) is 1. The normalized spacial score (nSPS) is 12.6. The number of aromatic amines is 1. The van der Waals surface area contributed by atoms with Crippen molar-refractivity contribution in [3.63, 3.8) is 0 Å². The van der Waals surface area contributed by atoms with Crippen LogP contribution in [0.25, 0.3) is 0 Å². The molecule has 1 N–H and O–H groups in total. The minimum Gasteiger partial charge on any atom is -0.281 e. The number of aromatic nitrogens is 2. The molecule has 0 saturated carbocycles. The highest BCUT2D eigenvalue weighted by molar-refractivity contribution is 7.89. The SMILES string of the molecule is CCC(CC)CN(CC)S(=O)(=O)c1cn[nH]c1C. The molecule has 1 aromatic heterocycles. The molecule has 0 spiro atoms. The van der Waals surface area contributed by atoms with E-state index < -0.39 is 10.0 Å². The topological polar surface area (TPSA) is 66.1 Å². The Morgan fingerprint density at radius 3 is 2.33 bits per heavy atom. The van der Waals surface area contributed by atoms with Gasteiger partial charge in [0.05, 0.1) is 11.9 Å². The van der Waals surface area contributed by atoms with Crippen molar-refractivity contribution in [3.05, 3.63) is 11.9 Å². The molecule has 0 unspecified atom stereocenters. The number of aryl methyl sites for hydroxylation is 1. The molecule has 0 aliphatic heterocycles. The van der Waals surface area contributed by atoms with Gasteiger partial charge in [-0.3, -0.25) is 5.10 Å². The average Bonchev–Trinajstić information content (AvgIpc) is 2.77. The number of rotatable bonds is 7. The van der Waals surface area contributed by atoms with Crippen molar-refractivity contribution in [2.45, 2.75) is 45.4 Å². The van der Waals surface area contributed by atoms with E-state index in [9.17, 15) is 8.42 Å². The summed E-state index contributed by atoms with van der Waals surface area (Å²) in [5, 5.41) is 6.47. The maximum atomic E-state index is 12.5. The van der Waals surface area contributed by atoms with E-state index in [1.807, 2.05) is 6.92 Å². The smallest absolute Gasteiger partial charge is 0.246 e. The van der Waals surface area contributed by atoms with Crippen molar-refractivity contribution in [1.29, 1.82) is 0 Å². The summed E-state index contributed by atoms with van der Waals surface area (Å²) in [6, 6.07) is 0. The van der Waals surface area contributed by atoms with Gasteiger partial charge in [-0.05, 0) is 12.8 Å². The first-order valence-corrected chi connectivity index (χ1v) is 7.91. The second-order valence-corrected chi connectivity index (χ2v) is 6.40. The summed E-state index contributed by atoms with van der Waals surface area (Å²) in [5.41, 5.74) is 0.595. The highest BCUT2D eigenvalue weighted by Gasteiger charge is 2.27. The molecule has 1 aromatic rings. The van der Waals surface area contributed by atoms with Gasteiger partial charge in [-0.2, -0.15) is 9.40 Å². The Hall–Kier alpha value is -0.880. The lowest BCUT2D eigenvalue weighted by Gasteiger charge is -2.24. The molecule has 5 nitrogen and oxygen atoms in total. The zero-order valence-electron chi connectivity index (χ0n) is 11.6. The van der Waals surface area contributed by atoms with Crippen LogP contribution in [0.15, 0.2) is 11.1 Å². The molecule has 0 aromatic carbocycles. The first kappa shape index (κ1) is 15.2. The second-order valence-electron chi connectivity index (χ2n) is 4.50. The first-order chi connectivity index (χ1) is 8.47. The largest absolute Gasteiger partial charge is 0.281 e. The summed E-state index contributed by atoms with van der Waals surface area (Å²) in [7, 11) is -3.41. The van der Waals surface area contributed by atoms with Crippen LogP contribution in [0.5, 0.6) is 0 Å². The minimum atomic E-state index is -3.41. The van der Waals surface area contributed by atoms with Gasteiger partial charge in [-0.15, -0.1) is 0 Å². The van der Waals surface area contributed by atoms with Gasteiger partial charge in [0.15, 0.2) is 0 Å². The van der Waals surface area contributed by atoms with E-state index in [4.69, 9.17) is 0 Å². The third-order valence-corrected chi connectivity index (χ3v) is 5.43. The lowest BCUT2D eigenvalue weighted by Crippen LogP contribution is -2.35. The minimum absolute atomic E-state index is 0.287. The molecular formula is C12H23N3O2S. The molecule has 0 aliphatic rings. The van der Waals surface area contributed by atoms with Crippen LogP contribution in [0.3, 0.4) is 0 Å². The van der Waals surface area contributed by atoms with Crippen LogP contribution in [0, 0.1) is 12.8 Å². The van der Waals surface area contributed by atoms with E-state index in [1.54, 1.807) is 11.2 Å². The standard InChI is InChI=1S/C12H23N3O2S/c1-5-11(6-2)9-15(7-3)18(16,17)12-8-13-14-10(12)4/h8,11H,5-7,9H2,1-4H3,(H,13,14). The van der Waals surface area contributed by atoms with Gasteiger partial charge in [0.2, 0.25) is 10.0 Å². The molecule has 1 rings (SSSR count). The van der Waals surface area contributed by atoms with Gasteiger partial charge in [-0.25, -0.2) is 8.42 Å². The van der Waals surface area contributed by atoms with Gasteiger partial charge < -0.3 is 0 Å². The Morgan fingerprint density at radius 1 is 1.33 bits per heavy atom. The van der Waals surface area contributed by atoms with Gasteiger partial charge in [0, 0.05) is 13.1 Å². The first-order valence-electron chi connectivity index (χ1n) is 6.47. The molecule has 0 atom stereocenters. The van der Waals surface area contributed by atoms with E-state index in [0.29, 0.717) is 24.7 Å². The van der Waals surface area contributed by atoms with E-state index in [1.165, 1.54) is 6.20 Å². The van der Waals surface area contributed by atoms with Crippen LogP contribution in [-0.4, -0.2) is 36.0 Å². The lowest BCUT2D eigenvalue weighted by atomic mass is 10.0. The molecule has 104 valence electrons. The molecular weight excluding hydrogens is 250 g/mol. The maximum Gasteiger partial charge on any atom is 0.246 e. The molecule has 0 saturated heterocycles. The summed E-state index contributed by atoms with van der Waals surface area (Å²) < 4.78 is 26.5. The Labute approximate surface area is 110 Å². The molecule has 1 heterocycles. The number of sulfonamides is 1. The fraction of sp³-hybridized carbons (Fsp3) is 0.750. The zero-order chi connectivity index (χ0) is 13.8. The molecule has 0 fully saturated rings. The predicted octanol–water partition coefficient (Wildman–Crippen LogP) is 2.16. The van der Waals surface area contributed by atoms with Gasteiger partial charge >= 0.3 is 0 Å². The molecule has 0 aliphatic carbocycles. The Morgan fingerprint density at radius 2 is 1.94 bits per heavy atom.